The number of phenols is 1. The Morgan fingerprint density at radius 3 is 2.52 bits per heavy atom. The maximum atomic E-state index is 10.7. The quantitative estimate of drug-likeness (QED) is 0.342. The van der Waals surface area contributed by atoms with Gasteiger partial charge in [-0.2, -0.15) is 5.10 Å². The first-order valence-electron chi connectivity index (χ1n) is 9.56. The maximum Gasteiger partial charge on any atom is 0.128 e. The van der Waals surface area contributed by atoms with Gasteiger partial charge in [0.2, 0.25) is 0 Å². The Kier molecular flexibility index (Phi) is 6.07. The number of ether oxygens (including phenoxy) is 2. The van der Waals surface area contributed by atoms with Crippen LogP contribution in [0.25, 0.3) is 22.4 Å². The van der Waals surface area contributed by atoms with Crippen LogP contribution in [0.1, 0.15) is 11.3 Å². The second kappa shape index (κ2) is 8.92. The van der Waals surface area contributed by atoms with E-state index in [9.17, 15) is 5.11 Å². The first-order valence-corrected chi connectivity index (χ1v) is 10.3. The molecule has 0 amide bonds. The van der Waals surface area contributed by atoms with Crippen molar-refractivity contribution in [2.75, 3.05) is 7.11 Å². The molecule has 3 aromatic carbocycles. The molecule has 1 heterocycles. The molecule has 0 aliphatic heterocycles. The van der Waals surface area contributed by atoms with Crippen LogP contribution in [-0.4, -0.2) is 22.4 Å². The molecule has 0 saturated heterocycles. The van der Waals surface area contributed by atoms with Gasteiger partial charge in [0.1, 0.15) is 29.5 Å². The summed E-state index contributed by atoms with van der Waals surface area (Å²) >= 11 is 12.0. The van der Waals surface area contributed by atoms with Crippen LogP contribution < -0.4 is 9.47 Å². The minimum Gasteiger partial charge on any atom is -0.507 e. The van der Waals surface area contributed by atoms with E-state index in [0.29, 0.717) is 33.7 Å². The van der Waals surface area contributed by atoms with Crippen LogP contribution in [0.2, 0.25) is 10.0 Å². The van der Waals surface area contributed by atoms with Gasteiger partial charge >= 0.3 is 0 Å². The lowest BCUT2D eigenvalue weighted by molar-refractivity contribution is 0.304. The van der Waals surface area contributed by atoms with Gasteiger partial charge in [-0.25, -0.2) is 0 Å². The monoisotopic (exact) mass is 454 g/mol. The number of nitrogens with one attached hydrogen (secondary N) is 1. The van der Waals surface area contributed by atoms with Gasteiger partial charge in [-0.15, -0.1) is 0 Å². The lowest BCUT2D eigenvalue weighted by atomic mass is 9.98. The molecule has 2 N–H and O–H groups in total. The molecule has 0 saturated carbocycles. The summed E-state index contributed by atoms with van der Waals surface area (Å²) in [7, 11) is 1.63. The molecule has 0 unspecified atom stereocenters. The van der Waals surface area contributed by atoms with Gasteiger partial charge in [-0.05, 0) is 42.8 Å². The summed E-state index contributed by atoms with van der Waals surface area (Å²) in [6, 6.07) is 18.2. The molecule has 1 aromatic heterocycles. The number of rotatable bonds is 6. The molecule has 7 heteroatoms. The molecule has 0 bridgehead atoms. The van der Waals surface area contributed by atoms with Crippen molar-refractivity contribution in [1.29, 1.82) is 0 Å². The smallest absolute Gasteiger partial charge is 0.128 e. The minimum absolute atomic E-state index is 0.0642. The number of nitrogens with zero attached hydrogens (tertiary/aromatic N) is 1. The van der Waals surface area contributed by atoms with E-state index in [2.05, 4.69) is 10.2 Å². The number of methoxy groups -OCH3 is 1. The van der Waals surface area contributed by atoms with E-state index in [1.54, 1.807) is 37.4 Å². The van der Waals surface area contributed by atoms with Crippen molar-refractivity contribution >= 4 is 23.2 Å². The van der Waals surface area contributed by atoms with Crippen LogP contribution in [0.15, 0.2) is 60.7 Å². The number of benzene rings is 3. The summed E-state index contributed by atoms with van der Waals surface area (Å²) in [5.74, 6) is 1.32. The van der Waals surface area contributed by atoms with Crippen LogP contribution in [-0.2, 0) is 6.61 Å². The number of aromatic nitrogens is 2. The molecular weight excluding hydrogens is 435 g/mol. The number of aromatic hydroxyl groups is 1. The highest BCUT2D eigenvalue weighted by atomic mass is 35.5. The third-order valence-electron chi connectivity index (χ3n) is 4.94. The summed E-state index contributed by atoms with van der Waals surface area (Å²) in [4.78, 5) is 0. The number of phenolic OH excluding ortho intramolecular Hbond substituents is 1. The summed E-state index contributed by atoms with van der Waals surface area (Å²) in [6.07, 6.45) is 0. The predicted molar refractivity (Wildman–Crippen MR) is 123 cm³/mol. The van der Waals surface area contributed by atoms with Gasteiger partial charge in [-0.3, -0.25) is 5.10 Å². The Hall–Kier alpha value is -3.15. The number of hydrogen-bond acceptors (Lipinski definition) is 4. The van der Waals surface area contributed by atoms with Crippen molar-refractivity contribution in [3.05, 3.63) is 82.0 Å². The van der Waals surface area contributed by atoms with Crippen molar-refractivity contribution in [1.82, 2.24) is 10.2 Å². The number of halogens is 2. The Labute approximate surface area is 190 Å². The zero-order chi connectivity index (χ0) is 22.0. The number of para-hydroxylation sites is 1. The predicted octanol–water partition coefficient (Wildman–Crippen LogP) is 6.65. The fourth-order valence-electron chi connectivity index (χ4n) is 3.40. The van der Waals surface area contributed by atoms with Crippen molar-refractivity contribution in [2.45, 2.75) is 13.5 Å². The van der Waals surface area contributed by atoms with Gasteiger partial charge in [0.05, 0.1) is 17.2 Å². The van der Waals surface area contributed by atoms with E-state index in [1.807, 2.05) is 37.3 Å². The number of aryl methyl sites for hydroxylation is 1. The average Bonchev–Trinajstić information content (AvgIpc) is 3.15. The van der Waals surface area contributed by atoms with Crippen LogP contribution in [0, 0.1) is 6.92 Å². The van der Waals surface area contributed by atoms with E-state index in [0.717, 1.165) is 28.1 Å². The number of H-pyrrole nitrogens is 1. The number of aromatic amines is 1. The molecule has 0 radical (unpaired) electrons. The van der Waals surface area contributed by atoms with E-state index >= 15 is 0 Å². The van der Waals surface area contributed by atoms with Crippen molar-refractivity contribution in [3.8, 4) is 39.6 Å². The number of hydrogen-bond donors (Lipinski definition) is 2. The Morgan fingerprint density at radius 2 is 1.77 bits per heavy atom. The Morgan fingerprint density at radius 1 is 0.968 bits per heavy atom. The largest absolute Gasteiger partial charge is 0.507 e. The summed E-state index contributed by atoms with van der Waals surface area (Å²) < 4.78 is 11.3. The van der Waals surface area contributed by atoms with Gasteiger partial charge in [-0.1, -0.05) is 47.5 Å². The first-order chi connectivity index (χ1) is 15.0. The van der Waals surface area contributed by atoms with Gasteiger partial charge < -0.3 is 14.6 Å². The van der Waals surface area contributed by atoms with E-state index in [-0.39, 0.29) is 5.75 Å². The second-order valence-corrected chi connectivity index (χ2v) is 7.80. The molecule has 31 heavy (non-hydrogen) atoms. The lowest BCUT2D eigenvalue weighted by Crippen LogP contribution is -1.96. The highest BCUT2D eigenvalue weighted by Gasteiger charge is 2.20. The van der Waals surface area contributed by atoms with E-state index in [1.165, 1.54) is 0 Å². The van der Waals surface area contributed by atoms with Crippen molar-refractivity contribution < 1.29 is 14.6 Å². The summed E-state index contributed by atoms with van der Waals surface area (Å²) in [5, 5.41) is 19.1. The van der Waals surface area contributed by atoms with Crippen molar-refractivity contribution in [3.63, 3.8) is 0 Å². The van der Waals surface area contributed by atoms with Crippen LogP contribution >= 0.6 is 23.2 Å². The standard InChI is InChI=1S/C24H20Cl2N2O3/c1-14-23(18-5-3-4-6-22(18)30-2)24(28-27-14)17-9-8-16(12-21(17)29)31-13-15-7-10-19(25)20(26)11-15/h3-12,29H,13H2,1-2H3,(H,27,28). The fraction of sp³-hybridized carbons (Fsp3) is 0.125. The third kappa shape index (κ3) is 4.33. The zero-order valence-electron chi connectivity index (χ0n) is 16.9. The molecule has 5 nitrogen and oxygen atoms in total. The van der Waals surface area contributed by atoms with Crippen LogP contribution in [0.3, 0.4) is 0 Å². The molecule has 158 valence electrons. The molecule has 0 spiro atoms. The maximum absolute atomic E-state index is 10.7. The average molecular weight is 455 g/mol. The molecule has 4 aromatic rings. The van der Waals surface area contributed by atoms with Crippen molar-refractivity contribution in [2.24, 2.45) is 0 Å². The Bertz CT molecular complexity index is 1240. The summed E-state index contributed by atoms with van der Waals surface area (Å²) in [5.41, 5.74) is 4.74. The highest BCUT2D eigenvalue weighted by molar-refractivity contribution is 6.42. The molecule has 0 aliphatic carbocycles. The molecular formula is C24H20Cl2N2O3. The van der Waals surface area contributed by atoms with E-state index < -0.39 is 0 Å². The normalized spacial score (nSPS) is 10.8. The lowest BCUT2D eigenvalue weighted by Gasteiger charge is -2.12. The fourth-order valence-corrected chi connectivity index (χ4v) is 3.72. The molecule has 0 fully saturated rings. The minimum atomic E-state index is 0.0642. The Balaban J connectivity index is 1.63. The van der Waals surface area contributed by atoms with Crippen LogP contribution in [0.5, 0.6) is 17.2 Å². The van der Waals surface area contributed by atoms with Gasteiger partial charge in [0, 0.05) is 28.5 Å². The molecule has 0 aliphatic rings. The second-order valence-electron chi connectivity index (χ2n) is 6.99. The third-order valence-corrected chi connectivity index (χ3v) is 5.68. The van der Waals surface area contributed by atoms with E-state index in [4.69, 9.17) is 32.7 Å². The first kappa shape index (κ1) is 21.1. The molecule has 4 rings (SSSR count). The zero-order valence-corrected chi connectivity index (χ0v) is 18.5. The topological polar surface area (TPSA) is 67.4 Å². The summed E-state index contributed by atoms with van der Waals surface area (Å²) in [6.45, 7) is 2.23. The molecule has 0 atom stereocenters. The highest BCUT2D eigenvalue weighted by Crippen LogP contribution is 2.41. The van der Waals surface area contributed by atoms with Gasteiger partial charge in [0.15, 0.2) is 0 Å². The SMILES string of the molecule is COc1ccccc1-c1c(-c2ccc(OCc3ccc(Cl)c(Cl)c3)cc2O)n[nH]c1C. The van der Waals surface area contributed by atoms with Gasteiger partial charge in [0.25, 0.3) is 0 Å². The van der Waals surface area contributed by atoms with Crippen LogP contribution in [0.4, 0.5) is 0 Å².